The summed E-state index contributed by atoms with van der Waals surface area (Å²) in [6, 6.07) is 13.1. The third-order valence-corrected chi connectivity index (χ3v) is 6.13. The molecule has 0 spiro atoms. The lowest BCUT2D eigenvalue weighted by atomic mass is 10.1. The lowest BCUT2D eigenvalue weighted by Gasteiger charge is -2.34. The normalized spacial score (nSPS) is 14.2. The fourth-order valence-electron chi connectivity index (χ4n) is 4.05. The highest BCUT2D eigenvalue weighted by molar-refractivity contribution is 6.33. The average Bonchev–Trinajstić information content (AvgIpc) is 3.34. The Morgan fingerprint density at radius 1 is 1.00 bits per heavy atom. The summed E-state index contributed by atoms with van der Waals surface area (Å²) in [6.45, 7) is 3.42. The standard InChI is InChI=1S/C24H27ClN4O4/c1-31-21-9-8-16(22(32-2)23(21)33-3)15-28-10-12-29(13-11-28)24(30)20-14-19(26-27-20)17-6-4-5-7-18(17)25/h4-9,14H,10-13,15H2,1-3H3,(H,26,27). The number of aromatic amines is 1. The molecule has 4 rings (SSSR count). The van der Waals surface area contributed by atoms with E-state index in [9.17, 15) is 4.79 Å². The van der Waals surface area contributed by atoms with Crippen molar-refractivity contribution < 1.29 is 19.0 Å². The Morgan fingerprint density at radius 3 is 2.39 bits per heavy atom. The van der Waals surface area contributed by atoms with Crippen molar-refractivity contribution in [1.82, 2.24) is 20.0 Å². The van der Waals surface area contributed by atoms with Gasteiger partial charge in [-0.25, -0.2) is 0 Å². The number of carbonyl (C=O) groups is 1. The van der Waals surface area contributed by atoms with Gasteiger partial charge in [-0.05, 0) is 18.2 Å². The number of carbonyl (C=O) groups excluding carboxylic acids is 1. The minimum Gasteiger partial charge on any atom is -0.493 e. The monoisotopic (exact) mass is 470 g/mol. The Kier molecular flexibility index (Phi) is 7.05. The first-order valence-electron chi connectivity index (χ1n) is 10.7. The molecule has 2 heterocycles. The van der Waals surface area contributed by atoms with Crippen molar-refractivity contribution in [3.8, 4) is 28.5 Å². The summed E-state index contributed by atoms with van der Waals surface area (Å²) in [5, 5.41) is 7.74. The van der Waals surface area contributed by atoms with Crippen molar-refractivity contribution in [2.45, 2.75) is 6.54 Å². The van der Waals surface area contributed by atoms with E-state index in [0.717, 1.165) is 24.2 Å². The lowest BCUT2D eigenvalue weighted by Crippen LogP contribution is -2.48. The Morgan fingerprint density at radius 2 is 1.73 bits per heavy atom. The molecule has 2 aromatic carbocycles. The minimum atomic E-state index is -0.0656. The molecule has 0 bridgehead atoms. The molecule has 1 saturated heterocycles. The van der Waals surface area contributed by atoms with Crippen molar-refractivity contribution in [1.29, 1.82) is 0 Å². The number of hydrogen-bond acceptors (Lipinski definition) is 6. The summed E-state index contributed by atoms with van der Waals surface area (Å²) in [4.78, 5) is 17.1. The maximum Gasteiger partial charge on any atom is 0.271 e. The highest BCUT2D eigenvalue weighted by Crippen LogP contribution is 2.40. The molecule has 1 amide bonds. The molecule has 1 aliphatic heterocycles. The minimum absolute atomic E-state index is 0.0656. The smallest absolute Gasteiger partial charge is 0.271 e. The average molecular weight is 471 g/mol. The van der Waals surface area contributed by atoms with Gasteiger partial charge in [-0.3, -0.25) is 14.8 Å². The van der Waals surface area contributed by atoms with Crippen LogP contribution >= 0.6 is 11.6 Å². The molecule has 174 valence electrons. The van der Waals surface area contributed by atoms with Gasteiger partial charge < -0.3 is 19.1 Å². The summed E-state index contributed by atoms with van der Waals surface area (Å²) < 4.78 is 16.5. The number of methoxy groups -OCH3 is 3. The number of aromatic nitrogens is 2. The van der Waals surface area contributed by atoms with Crippen LogP contribution < -0.4 is 14.2 Å². The van der Waals surface area contributed by atoms with Crippen LogP contribution in [0.25, 0.3) is 11.3 Å². The van der Waals surface area contributed by atoms with Crippen molar-refractivity contribution in [2.75, 3.05) is 47.5 Å². The zero-order valence-electron chi connectivity index (χ0n) is 18.9. The molecule has 1 N–H and O–H groups in total. The van der Waals surface area contributed by atoms with Gasteiger partial charge in [-0.1, -0.05) is 35.9 Å². The Hall–Kier alpha value is -3.23. The van der Waals surface area contributed by atoms with E-state index in [2.05, 4.69) is 15.1 Å². The van der Waals surface area contributed by atoms with E-state index in [1.54, 1.807) is 33.5 Å². The van der Waals surface area contributed by atoms with Crippen LogP contribution in [-0.2, 0) is 6.54 Å². The van der Waals surface area contributed by atoms with Crippen molar-refractivity contribution in [2.24, 2.45) is 0 Å². The van der Waals surface area contributed by atoms with Crippen LogP contribution in [0.15, 0.2) is 42.5 Å². The van der Waals surface area contributed by atoms with E-state index in [0.29, 0.717) is 53.3 Å². The van der Waals surface area contributed by atoms with Crippen LogP contribution in [-0.4, -0.2) is 73.4 Å². The first-order valence-corrected chi connectivity index (χ1v) is 11.0. The summed E-state index contributed by atoms with van der Waals surface area (Å²) >= 11 is 6.26. The second kappa shape index (κ2) is 10.1. The Balaban J connectivity index is 1.40. The fraction of sp³-hybridized carbons (Fsp3) is 0.333. The number of hydrogen-bond donors (Lipinski definition) is 1. The van der Waals surface area contributed by atoms with Gasteiger partial charge in [0, 0.05) is 43.9 Å². The van der Waals surface area contributed by atoms with E-state index < -0.39 is 0 Å². The first kappa shape index (κ1) is 22.9. The molecule has 0 saturated carbocycles. The number of piperazine rings is 1. The predicted octanol–water partition coefficient (Wildman–Crippen LogP) is 3.71. The highest BCUT2D eigenvalue weighted by Gasteiger charge is 2.25. The third-order valence-electron chi connectivity index (χ3n) is 5.80. The molecule has 0 unspecified atom stereocenters. The Labute approximate surface area is 198 Å². The maximum atomic E-state index is 13.0. The summed E-state index contributed by atoms with van der Waals surface area (Å²) in [5.74, 6) is 1.81. The lowest BCUT2D eigenvalue weighted by molar-refractivity contribution is 0.0621. The van der Waals surface area contributed by atoms with Crippen LogP contribution in [0.2, 0.25) is 5.02 Å². The number of rotatable bonds is 7. The van der Waals surface area contributed by atoms with Crippen LogP contribution in [0.3, 0.4) is 0 Å². The van der Waals surface area contributed by atoms with Gasteiger partial charge in [0.15, 0.2) is 11.5 Å². The van der Waals surface area contributed by atoms with Gasteiger partial charge >= 0.3 is 0 Å². The second-order valence-electron chi connectivity index (χ2n) is 7.71. The SMILES string of the molecule is COc1ccc(CN2CCN(C(=O)c3cc(-c4ccccc4Cl)n[nH]3)CC2)c(OC)c1OC. The van der Waals surface area contributed by atoms with Crippen LogP contribution in [0.4, 0.5) is 0 Å². The van der Waals surface area contributed by atoms with Crippen molar-refractivity contribution in [3.05, 3.63) is 58.7 Å². The summed E-state index contributed by atoms with van der Waals surface area (Å²) in [7, 11) is 4.82. The van der Waals surface area contributed by atoms with E-state index in [1.165, 1.54) is 0 Å². The number of nitrogens with zero attached hydrogens (tertiary/aromatic N) is 3. The number of ether oxygens (including phenoxy) is 3. The van der Waals surface area contributed by atoms with Gasteiger partial charge in [0.25, 0.3) is 5.91 Å². The molecule has 0 aliphatic carbocycles. The predicted molar refractivity (Wildman–Crippen MR) is 126 cm³/mol. The zero-order chi connectivity index (χ0) is 23.4. The molecule has 0 radical (unpaired) electrons. The van der Waals surface area contributed by atoms with Crippen LogP contribution in [0, 0.1) is 0 Å². The van der Waals surface area contributed by atoms with Gasteiger partial charge in [0.05, 0.1) is 32.0 Å². The maximum absolute atomic E-state index is 13.0. The van der Waals surface area contributed by atoms with Crippen LogP contribution in [0.5, 0.6) is 17.2 Å². The number of amides is 1. The van der Waals surface area contributed by atoms with E-state index in [-0.39, 0.29) is 5.91 Å². The molecule has 3 aromatic rings. The van der Waals surface area contributed by atoms with Gasteiger partial charge in [-0.15, -0.1) is 0 Å². The largest absolute Gasteiger partial charge is 0.493 e. The summed E-state index contributed by atoms with van der Waals surface area (Å²) in [5.41, 5.74) is 2.92. The van der Waals surface area contributed by atoms with E-state index in [4.69, 9.17) is 25.8 Å². The zero-order valence-corrected chi connectivity index (χ0v) is 19.7. The number of H-pyrrole nitrogens is 1. The molecular weight excluding hydrogens is 444 g/mol. The number of benzene rings is 2. The number of halogens is 1. The van der Waals surface area contributed by atoms with Gasteiger partial charge in [-0.2, -0.15) is 5.10 Å². The molecule has 9 heteroatoms. The molecule has 1 aliphatic rings. The third kappa shape index (κ3) is 4.77. The first-order chi connectivity index (χ1) is 16.0. The van der Waals surface area contributed by atoms with Crippen molar-refractivity contribution in [3.63, 3.8) is 0 Å². The van der Waals surface area contributed by atoms with Gasteiger partial charge in [0.2, 0.25) is 5.75 Å². The fourth-order valence-corrected chi connectivity index (χ4v) is 4.28. The van der Waals surface area contributed by atoms with Gasteiger partial charge in [0.1, 0.15) is 5.69 Å². The molecule has 1 fully saturated rings. The summed E-state index contributed by atoms with van der Waals surface area (Å²) in [6.07, 6.45) is 0. The van der Waals surface area contributed by atoms with Crippen molar-refractivity contribution >= 4 is 17.5 Å². The molecule has 0 atom stereocenters. The second-order valence-corrected chi connectivity index (χ2v) is 8.12. The topological polar surface area (TPSA) is 79.9 Å². The molecule has 33 heavy (non-hydrogen) atoms. The number of nitrogens with one attached hydrogen (secondary N) is 1. The van der Waals surface area contributed by atoms with Crippen LogP contribution in [0.1, 0.15) is 16.1 Å². The Bertz CT molecular complexity index is 1130. The van der Waals surface area contributed by atoms with E-state index >= 15 is 0 Å². The van der Waals surface area contributed by atoms with E-state index in [1.807, 2.05) is 35.2 Å². The highest BCUT2D eigenvalue weighted by atomic mass is 35.5. The molecular formula is C24H27ClN4O4. The molecule has 8 nitrogen and oxygen atoms in total. The molecule has 1 aromatic heterocycles. The quantitative estimate of drug-likeness (QED) is 0.567.